The lowest BCUT2D eigenvalue weighted by molar-refractivity contribution is -0.137. The van der Waals surface area contributed by atoms with Crippen LogP contribution in [0.15, 0.2) is 30.3 Å². The molecule has 144 valence electrons. The van der Waals surface area contributed by atoms with E-state index in [4.69, 9.17) is 9.84 Å². The lowest BCUT2D eigenvalue weighted by Crippen LogP contribution is -2.24. The van der Waals surface area contributed by atoms with Crippen LogP contribution in [0.2, 0.25) is 0 Å². The lowest BCUT2D eigenvalue weighted by atomic mass is 9.96. The highest BCUT2D eigenvalue weighted by atomic mass is 19.1. The van der Waals surface area contributed by atoms with Crippen molar-refractivity contribution in [3.63, 3.8) is 0 Å². The molecule has 1 saturated carbocycles. The van der Waals surface area contributed by atoms with Gasteiger partial charge in [-0.15, -0.1) is 0 Å². The summed E-state index contributed by atoms with van der Waals surface area (Å²) in [5, 5.41) is 8.68. The predicted octanol–water partition coefficient (Wildman–Crippen LogP) is 4.26. The van der Waals surface area contributed by atoms with Crippen molar-refractivity contribution < 1.29 is 23.4 Å². The van der Waals surface area contributed by atoms with Crippen LogP contribution < -0.4 is 9.64 Å². The largest absolute Gasteiger partial charge is 0.481 e. The van der Waals surface area contributed by atoms with Crippen LogP contribution in [0.3, 0.4) is 0 Å². The number of halogens is 2. The Hall–Kier alpha value is -2.70. The van der Waals surface area contributed by atoms with Crippen molar-refractivity contribution in [2.24, 2.45) is 0 Å². The van der Waals surface area contributed by atoms with E-state index in [0.717, 1.165) is 19.3 Å². The molecule has 1 N–H and O–H groups in total. The van der Waals surface area contributed by atoms with Gasteiger partial charge >= 0.3 is 5.97 Å². The van der Waals surface area contributed by atoms with Crippen LogP contribution in [0.1, 0.15) is 32.1 Å². The first-order valence-corrected chi connectivity index (χ1v) is 9.00. The first-order chi connectivity index (χ1) is 12.9. The standard InChI is InChI=1S/C20H22F2N2O3/c1-24(10-4-9-19(25)26)20-15(21)11-13(12-16(20)22)17-7-3-8-18(23-17)27-14-5-2-6-14/h3,7-8,11-12,14H,2,4-6,9-10H2,1H3,(H,25,26). The summed E-state index contributed by atoms with van der Waals surface area (Å²) in [5.41, 5.74) is 0.586. The minimum atomic E-state index is -0.935. The Morgan fingerprint density at radius 3 is 2.59 bits per heavy atom. The number of rotatable bonds is 8. The molecule has 7 heteroatoms. The van der Waals surface area contributed by atoms with Crippen molar-refractivity contribution in [2.75, 3.05) is 18.5 Å². The summed E-state index contributed by atoms with van der Waals surface area (Å²) in [6.07, 6.45) is 3.55. The zero-order chi connectivity index (χ0) is 19.4. The average molecular weight is 376 g/mol. The molecule has 1 aliphatic carbocycles. The van der Waals surface area contributed by atoms with Gasteiger partial charge in [-0.3, -0.25) is 4.79 Å². The highest BCUT2D eigenvalue weighted by Gasteiger charge is 2.20. The highest BCUT2D eigenvalue weighted by Crippen LogP contribution is 2.30. The van der Waals surface area contributed by atoms with Gasteiger partial charge in [0.05, 0.1) is 5.69 Å². The van der Waals surface area contributed by atoms with Crippen molar-refractivity contribution in [3.8, 4) is 17.1 Å². The number of carbonyl (C=O) groups is 1. The molecule has 1 aliphatic rings. The average Bonchev–Trinajstić information content (AvgIpc) is 2.57. The second-order valence-electron chi connectivity index (χ2n) is 6.74. The number of aliphatic carboxylic acids is 1. The van der Waals surface area contributed by atoms with E-state index in [1.165, 1.54) is 24.1 Å². The van der Waals surface area contributed by atoms with Gasteiger partial charge in [-0.2, -0.15) is 0 Å². The minimum Gasteiger partial charge on any atom is -0.481 e. The molecule has 1 heterocycles. The number of pyridine rings is 1. The van der Waals surface area contributed by atoms with Crippen LogP contribution in [0.4, 0.5) is 14.5 Å². The molecule has 0 unspecified atom stereocenters. The molecule has 1 aromatic heterocycles. The summed E-state index contributed by atoms with van der Waals surface area (Å²) < 4.78 is 34.8. The van der Waals surface area contributed by atoms with E-state index in [9.17, 15) is 13.6 Å². The van der Waals surface area contributed by atoms with Gasteiger partial charge in [0.1, 0.15) is 23.4 Å². The Balaban J connectivity index is 1.77. The Kier molecular flexibility index (Phi) is 5.88. The number of carboxylic acids is 1. The van der Waals surface area contributed by atoms with Gasteiger partial charge in [-0.25, -0.2) is 13.8 Å². The molecule has 27 heavy (non-hydrogen) atoms. The lowest BCUT2D eigenvalue weighted by Gasteiger charge is -2.25. The molecule has 0 bridgehead atoms. The molecule has 1 fully saturated rings. The van der Waals surface area contributed by atoms with E-state index < -0.39 is 17.6 Å². The number of benzene rings is 1. The van der Waals surface area contributed by atoms with Crippen LogP contribution in [-0.4, -0.2) is 35.8 Å². The van der Waals surface area contributed by atoms with E-state index in [2.05, 4.69) is 4.98 Å². The maximum Gasteiger partial charge on any atom is 0.303 e. The summed E-state index contributed by atoms with van der Waals surface area (Å²) in [7, 11) is 1.54. The third-order valence-corrected chi connectivity index (χ3v) is 4.64. The van der Waals surface area contributed by atoms with Crippen molar-refractivity contribution in [1.29, 1.82) is 0 Å². The number of hydrogen-bond acceptors (Lipinski definition) is 4. The molecule has 0 aliphatic heterocycles. The van der Waals surface area contributed by atoms with Crippen molar-refractivity contribution in [2.45, 2.75) is 38.2 Å². The van der Waals surface area contributed by atoms with Gasteiger partial charge in [0.15, 0.2) is 0 Å². The summed E-state index contributed by atoms with van der Waals surface area (Å²) in [6, 6.07) is 7.64. The summed E-state index contributed by atoms with van der Waals surface area (Å²) in [4.78, 5) is 16.3. The van der Waals surface area contributed by atoms with Gasteiger partial charge in [-0.1, -0.05) is 6.07 Å². The monoisotopic (exact) mass is 376 g/mol. The van der Waals surface area contributed by atoms with Gasteiger partial charge in [0, 0.05) is 31.6 Å². The number of ether oxygens (including phenoxy) is 1. The normalized spacial score (nSPS) is 13.9. The molecular formula is C20H22F2N2O3. The van der Waals surface area contributed by atoms with Crippen molar-refractivity contribution in [3.05, 3.63) is 42.0 Å². The van der Waals surface area contributed by atoms with Gasteiger partial charge in [0.25, 0.3) is 0 Å². The van der Waals surface area contributed by atoms with Crippen LogP contribution >= 0.6 is 0 Å². The van der Waals surface area contributed by atoms with Gasteiger partial charge < -0.3 is 14.7 Å². The van der Waals surface area contributed by atoms with E-state index >= 15 is 0 Å². The van der Waals surface area contributed by atoms with E-state index in [-0.39, 0.29) is 24.8 Å². The molecule has 0 radical (unpaired) electrons. The molecule has 5 nitrogen and oxygen atoms in total. The first-order valence-electron chi connectivity index (χ1n) is 9.00. The second-order valence-corrected chi connectivity index (χ2v) is 6.74. The highest BCUT2D eigenvalue weighted by molar-refractivity contribution is 5.67. The number of hydrogen-bond donors (Lipinski definition) is 1. The van der Waals surface area contributed by atoms with E-state index in [1.807, 2.05) is 0 Å². The SMILES string of the molecule is CN(CCCC(=O)O)c1c(F)cc(-c2cccc(OC3CCC3)n2)cc1F. The zero-order valence-corrected chi connectivity index (χ0v) is 15.1. The van der Waals surface area contributed by atoms with E-state index in [1.54, 1.807) is 18.2 Å². The van der Waals surface area contributed by atoms with E-state index in [0.29, 0.717) is 23.6 Å². The second kappa shape index (κ2) is 8.33. The van der Waals surface area contributed by atoms with Crippen LogP contribution in [0.25, 0.3) is 11.3 Å². The molecule has 0 atom stereocenters. The fourth-order valence-corrected chi connectivity index (χ4v) is 2.96. The van der Waals surface area contributed by atoms with Crippen LogP contribution in [0, 0.1) is 11.6 Å². The van der Waals surface area contributed by atoms with Crippen molar-refractivity contribution in [1.82, 2.24) is 4.98 Å². The fourth-order valence-electron chi connectivity index (χ4n) is 2.96. The Labute approximate surface area is 156 Å². The Morgan fingerprint density at radius 1 is 1.30 bits per heavy atom. The first kappa shape index (κ1) is 19.1. The quantitative estimate of drug-likeness (QED) is 0.746. The summed E-state index contributed by atoms with van der Waals surface area (Å²) in [5.74, 6) is -1.91. The number of carboxylic acid groups (broad SMARTS) is 1. The minimum absolute atomic E-state index is 0.0522. The molecule has 3 rings (SSSR count). The third-order valence-electron chi connectivity index (χ3n) is 4.64. The maximum atomic E-state index is 14.6. The zero-order valence-electron chi connectivity index (χ0n) is 15.1. The fraction of sp³-hybridized carbons (Fsp3) is 0.400. The maximum absolute atomic E-state index is 14.6. The summed E-state index contributed by atoms with van der Waals surface area (Å²) >= 11 is 0. The Bertz CT molecular complexity index is 802. The van der Waals surface area contributed by atoms with Crippen LogP contribution in [0.5, 0.6) is 5.88 Å². The van der Waals surface area contributed by atoms with Crippen molar-refractivity contribution >= 4 is 11.7 Å². The third kappa shape index (κ3) is 4.72. The molecule has 0 spiro atoms. The smallest absolute Gasteiger partial charge is 0.303 e. The molecule has 0 saturated heterocycles. The molecular weight excluding hydrogens is 354 g/mol. The predicted molar refractivity (Wildman–Crippen MR) is 98.0 cm³/mol. The number of aromatic nitrogens is 1. The molecule has 0 amide bonds. The Morgan fingerprint density at radius 2 is 2.00 bits per heavy atom. The molecule has 1 aromatic carbocycles. The molecule has 2 aromatic rings. The number of anilines is 1. The van der Waals surface area contributed by atoms with Gasteiger partial charge in [-0.05, 0) is 43.9 Å². The number of nitrogens with zero attached hydrogens (tertiary/aromatic N) is 2. The van der Waals surface area contributed by atoms with Gasteiger partial charge in [0.2, 0.25) is 5.88 Å². The summed E-state index contributed by atoms with van der Waals surface area (Å²) in [6.45, 7) is 0.239. The van der Waals surface area contributed by atoms with Crippen LogP contribution in [-0.2, 0) is 4.79 Å². The topological polar surface area (TPSA) is 62.7 Å².